The number of nitrogen functional groups attached to an aromatic ring is 1. The molecule has 0 unspecified atom stereocenters. The summed E-state index contributed by atoms with van der Waals surface area (Å²) in [6.45, 7) is 3.87. The van der Waals surface area contributed by atoms with Crippen LogP contribution in [0.15, 0.2) is 42.7 Å². The summed E-state index contributed by atoms with van der Waals surface area (Å²) in [4.78, 5) is 38.1. The molecule has 11 nitrogen and oxygen atoms in total. The fourth-order valence-corrected chi connectivity index (χ4v) is 4.79. The third-order valence-corrected chi connectivity index (χ3v) is 6.82. The van der Waals surface area contributed by atoms with Gasteiger partial charge in [-0.05, 0) is 36.8 Å². The van der Waals surface area contributed by atoms with E-state index in [1.165, 1.54) is 18.3 Å². The summed E-state index contributed by atoms with van der Waals surface area (Å²) in [6.07, 6.45) is -2.37. The number of amides is 2. The van der Waals surface area contributed by atoms with E-state index < -0.39 is 17.8 Å². The minimum atomic E-state index is -4.79. The first kappa shape index (κ1) is 28.1. The number of hydrogen-bond acceptors (Lipinski definition) is 7. The summed E-state index contributed by atoms with van der Waals surface area (Å²) in [5.74, 6) is -1.05. The Morgan fingerprint density at radius 2 is 2.00 bits per heavy atom. The molecule has 4 heterocycles. The minimum absolute atomic E-state index is 0.0208. The van der Waals surface area contributed by atoms with Crippen molar-refractivity contribution in [3.8, 4) is 22.6 Å². The number of nitrogens with zero attached hydrogens (tertiary/aromatic N) is 4. The number of hydrogen-bond donors (Lipinski definition) is 5. The molecule has 1 aliphatic heterocycles. The van der Waals surface area contributed by atoms with Crippen LogP contribution in [0.2, 0.25) is 5.02 Å². The zero-order chi connectivity index (χ0) is 29.3. The first-order valence-electron chi connectivity index (χ1n) is 12.5. The molecule has 1 aromatic carbocycles. The van der Waals surface area contributed by atoms with Crippen LogP contribution in [0, 0.1) is 0 Å². The van der Waals surface area contributed by atoms with Crippen molar-refractivity contribution < 1.29 is 22.8 Å². The van der Waals surface area contributed by atoms with Crippen LogP contribution in [0.25, 0.3) is 22.6 Å². The maximum Gasteiger partial charge on any atom is 0.435 e. The molecular formula is C26H25ClF3N9O2. The maximum absolute atomic E-state index is 13.8. The number of anilines is 1. The highest BCUT2D eigenvalue weighted by Gasteiger charge is 2.39. The van der Waals surface area contributed by atoms with Gasteiger partial charge in [0.05, 0.1) is 51.3 Å². The number of carbonyl (C=O) groups is 2. The Hall–Kier alpha value is -4.43. The molecule has 1 saturated heterocycles. The minimum Gasteiger partial charge on any atom is -0.397 e. The highest BCUT2D eigenvalue weighted by Crippen LogP contribution is 2.40. The Labute approximate surface area is 236 Å². The van der Waals surface area contributed by atoms with Crippen molar-refractivity contribution in [2.24, 2.45) is 0 Å². The Kier molecular flexibility index (Phi) is 7.69. The van der Waals surface area contributed by atoms with E-state index >= 15 is 0 Å². The van der Waals surface area contributed by atoms with Crippen LogP contribution >= 0.6 is 11.6 Å². The van der Waals surface area contributed by atoms with Crippen LogP contribution < -0.4 is 16.4 Å². The van der Waals surface area contributed by atoms with E-state index in [-0.39, 0.29) is 52.0 Å². The van der Waals surface area contributed by atoms with Crippen molar-refractivity contribution in [3.63, 3.8) is 0 Å². The first-order valence-corrected chi connectivity index (χ1v) is 12.9. The molecule has 5 rings (SSSR count). The molecule has 4 aromatic rings. The topological polar surface area (TPSA) is 158 Å². The predicted octanol–water partition coefficient (Wildman–Crippen LogP) is 3.48. The van der Waals surface area contributed by atoms with Gasteiger partial charge in [-0.25, -0.2) is 4.98 Å². The van der Waals surface area contributed by atoms with E-state index in [1.54, 1.807) is 23.1 Å². The number of aromatic nitrogens is 5. The largest absolute Gasteiger partial charge is 0.435 e. The molecule has 41 heavy (non-hydrogen) atoms. The number of carbonyl (C=O) groups excluding carboxylic acids is 2. The zero-order valence-corrected chi connectivity index (χ0v) is 22.4. The molecule has 3 aromatic heterocycles. The van der Waals surface area contributed by atoms with Crippen LogP contribution in [0.1, 0.15) is 39.2 Å². The average molecular weight is 588 g/mol. The van der Waals surface area contributed by atoms with Gasteiger partial charge in [-0.15, -0.1) is 0 Å². The summed E-state index contributed by atoms with van der Waals surface area (Å²) < 4.78 is 41.3. The zero-order valence-electron chi connectivity index (χ0n) is 21.6. The molecule has 6 N–H and O–H groups in total. The summed E-state index contributed by atoms with van der Waals surface area (Å²) in [5, 5.41) is 12.0. The van der Waals surface area contributed by atoms with Crippen molar-refractivity contribution >= 4 is 29.1 Å². The number of pyridine rings is 1. The van der Waals surface area contributed by atoms with E-state index in [0.29, 0.717) is 36.4 Å². The molecule has 214 valence electrons. The monoisotopic (exact) mass is 587 g/mol. The summed E-state index contributed by atoms with van der Waals surface area (Å²) in [5.41, 5.74) is 5.49. The van der Waals surface area contributed by atoms with Gasteiger partial charge in [0.25, 0.3) is 11.8 Å². The van der Waals surface area contributed by atoms with E-state index in [2.05, 4.69) is 35.8 Å². The van der Waals surface area contributed by atoms with Crippen LogP contribution in [0.5, 0.6) is 0 Å². The Balaban J connectivity index is 1.31. The van der Waals surface area contributed by atoms with Crippen molar-refractivity contribution in [3.05, 3.63) is 70.4 Å². The number of halogens is 4. The standard InChI is InChI=1S/C26H25ClF3N9O2/c1-13-12-39(7-6-32-13)25(41)16-4-2-14(8-17(16)27)9-35-24(40)23-34-11-19(36-23)20-21(18-5-3-15(31)10-33-18)37-38-22(20)26(28,29)30/h2-5,8,10-11,13,32H,6-7,9,12,31H2,1H3,(H,34,36)(H,35,40)(H,37,38)/t13-/m0/s1. The van der Waals surface area contributed by atoms with E-state index in [1.807, 2.05) is 6.92 Å². The molecule has 15 heteroatoms. The van der Waals surface area contributed by atoms with Crippen molar-refractivity contribution in [2.45, 2.75) is 25.7 Å². The van der Waals surface area contributed by atoms with Crippen molar-refractivity contribution in [1.29, 1.82) is 0 Å². The lowest BCUT2D eigenvalue weighted by atomic mass is 10.1. The number of nitrogens with one attached hydrogen (secondary N) is 4. The van der Waals surface area contributed by atoms with Crippen molar-refractivity contribution in [2.75, 3.05) is 25.4 Å². The van der Waals surface area contributed by atoms with E-state index in [0.717, 1.165) is 6.20 Å². The number of H-pyrrole nitrogens is 2. The number of alkyl halides is 3. The van der Waals surface area contributed by atoms with Crippen molar-refractivity contribution in [1.82, 2.24) is 40.7 Å². The lowest BCUT2D eigenvalue weighted by Crippen LogP contribution is -2.51. The third kappa shape index (κ3) is 6.02. The fourth-order valence-electron chi connectivity index (χ4n) is 4.51. The van der Waals surface area contributed by atoms with Gasteiger partial charge in [0.2, 0.25) is 0 Å². The van der Waals surface area contributed by atoms with Gasteiger partial charge in [-0.3, -0.25) is 19.7 Å². The first-order chi connectivity index (χ1) is 19.5. The molecule has 0 bridgehead atoms. The van der Waals surface area contributed by atoms with Gasteiger partial charge in [0.15, 0.2) is 11.5 Å². The molecule has 1 atom stereocenters. The Bertz CT molecular complexity index is 1580. The van der Waals surface area contributed by atoms with Gasteiger partial charge in [0, 0.05) is 32.2 Å². The second-order valence-electron chi connectivity index (χ2n) is 9.55. The second-order valence-corrected chi connectivity index (χ2v) is 9.95. The molecule has 0 aliphatic carbocycles. The fraction of sp³-hybridized carbons (Fsp3) is 0.269. The number of imidazole rings is 1. The maximum atomic E-state index is 13.8. The molecule has 0 spiro atoms. The number of piperazine rings is 1. The SMILES string of the molecule is C[C@H]1CN(C(=O)c2ccc(CNC(=O)c3ncc(-c4c(C(F)(F)F)n[nH]c4-c4ccc(N)cn4)[nH]3)cc2Cl)CCN1. The smallest absolute Gasteiger partial charge is 0.397 e. The quantitative estimate of drug-likeness (QED) is 0.231. The number of rotatable bonds is 6. The van der Waals surface area contributed by atoms with E-state index in [9.17, 15) is 22.8 Å². The highest BCUT2D eigenvalue weighted by atomic mass is 35.5. The van der Waals surface area contributed by atoms with Crippen LogP contribution in [-0.4, -0.2) is 67.5 Å². The van der Waals surface area contributed by atoms with Crippen LogP contribution in [0.4, 0.5) is 18.9 Å². The summed E-state index contributed by atoms with van der Waals surface area (Å²) >= 11 is 6.39. The van der Waals surface area contributed by atoms with Gasteiger partial charge in [-0.1, -0.05) is 17.7 Å². The van der Waals surface area contributed by atoms with Gasteiger partial charge < -0.3 is 26.3 Å². The number of nitrogens with two attached hydrogens (primary N) is 1. The van der Waals surface area contributed by atoms with Crippen LogP contribution in [-0.2, 0) is 12.7 Å². The molecule has 2 amide bonds. The molecule has 0 saturated carbocycles. The molecule has 0 radical (unpaired) electrons. The summed E-state index contributed by atoms with van der Waals surface area (Å²) in [6, 6.07) is 7.98. The Morgan fingerprint density at radius 1 is 1.20 bits per heavy atom. The summed E-state index contributed by atoms with van der Waals surface area (Å²) in [7, 11) is 0. The predicted molar refractivity (Wildman–Crippen MR) is 145 cm³/mol. The second kappa shape index (κ2) is 11.2. The van der Waals surface area contributed by atoms with E-state index in [4.69, 9.17) is 17.3 Å². The third-order valence-electron chi connectivity index (χ3n) is 6.51. The Morgan fingerprint density at radius 3 is 2.68 bits per heavy atom. The number of aromatic amines is 2. The molecule has 1 aliphatic rings. The lowest BCUT2D eigenvalue weighted by molar-refractivity contribution is -0.140. The highest BCUT2D eigenvalue weighted by molar-refractivity contribution is 6.33. The lowest BCUT2D eigenvalue weighted by Gasteiger charge is -2.32. The van der Waals surface area contributed by atoms with Crippen LogP contribution in [0.3, 0.4) is 0 Å². The van der Waals surface area contributed by atoms with Gasteiger partial charge in [0.1, 0.15) is 0 Å². The normalized spacial score (nSPS) is 15.6. The molecular weight excluding hydrogens is 563 g/mol. The van der Waals surface area contributed by atoms with Gasteiger partial charge >= 0.3 is 6.18 Å². The molecule has 1 fully saturated rings. The number of benzene rings is 1. The average Bonchev–Trinajstić information content (AvgIpc) is 3.60. The van der Waals surface area contributed by atoms with Gasteiger partial charge in [-0.2, -0.15) is 18.3 Å².